The summed E-state index contributed by atoms with van der Waals surface area (Å²) in [5, 5.41) is 0. The normalized spacial score (nSPS) is 20.3. The van der Waals surface area contributed by atoms with Gasteiger partial charge < -0.3 is 10.6 Å². The zero-order chi connectivity index (χ0) is 13.4. The van der Waals surface area contributed by atoms with Crippen LogP contribution in [0.2, 0.25) is 0 Å². The van der Waals surface area contributed by atoms with E-state index in [1.54, 1.807) is 0 Å². The fourth-order valence-electron chi connectivity index (χ4n) is 2.36. The van der Waals surface area contributed by atoms with Gasteiger partial charge in [-0.3, -0.25) is 9.69 Å². The summed E-state index contributed by atoms with van der Waals surface area (Å²) in [6, 6.07) is 0.262. The third-order valence-electron chi connectivity index (χ3n) is 3.58. The van der Waals surface area contributed by atoms with Crippen LogP contribution in [0.25, 0.3) is 0 Å². The zero-order valence-electron chi connectivity index (χ0n) is 12.0. The molecule has 1 atom stereocenters. The number of amides is 1. The van der Waals surface area contributed by atoms with Gasteiger partial charge in [-0.05, 0) is 19.3 Å². The average Bonchev–Trinajstić information content (AvgIpc) is 2.75. The maximum absolute atomic E-state index is 12.3. The molecule has 0 unspecified atom stereocenters. The highest BCUT2D eigenvalue weighted by molar-refractivity contribution is 5.78. The maximum atomic E-state index is 12.3. The fraction of sp³-hybridized carbons (Fsp3) is 0.929. The molecule has 0 spiro atoms. The molecule has 0 aromatic rings. The quantitative estimate of drug-likeness (QED) is 0.714. The number of carbonyl (C=O) groups excluding carboxylic acids is 1. The molecule has 1 fully saturated rings. The van der Waals surface area contributed by atoms with Gasteiger partial charge in [-0.2, -0.15) is 0 Å². The Labute approximate surface area is 111 Å². The monoisotopic (exact) mass is 255 g/mol. The minimum absolute atomic E-state index is 0.262. The van der Waals surface area contributed by atoms with E-state index in [1.165, 1.54) is 0 Å². The van der Waals surface area contributed by atoms with E-state index in [9.17, 15) is 4.79 Å². The maximum Gasteiger partial charge on any atom is 0.236 e. The third kappa shape index (κ3) is 5.36. The van der Waals surface area contributed by atoms with Crippen LogP contribution in [0.5, 0.6) is 0 Å². The summed E-state index contributed by atoms with van der Waals surface area (Å²) in [7, 11) is 0. The standard InChI is InChI=1S/C14H29N3O/c1-3-5-8-17(9-6-4-2)14(18)12-16-10-7-13(15)11-16/h13H,3-12,15H2,1-2H3/t13-/m1/s1. The molecular formula is C14H29N3O. The van der Waals surface area contributed by atoms with Gasteiger partial charge in [0.15, 0.2) is 0 Å². The Morgan fingerprint density at radius 2 is 1.89 bits per heavy atom. The van der Waals surface area contributed by atoms with Crippen molar-refractivity contribution in [3.05, 3.63) is 0 Å². The fourth-order valence-corrected chi connectivity index (χ4v) is 2.36. The van der Waals surface area contributed by atoms with Gasteiger partial charge in [-0.1, -0.05) is 26.7 Å². The first kappa shape index (κ1) is 15.4. The van der Waals surface area contributed by atoms with Crippen molar-refractivity contribution in [2.24, 2.45) is 5.73 Å². The van der Waals surface area contributed by atoms with E-state index < -0.39 is 0 Å². The highest BCUT2D eigenvalue weighted by atomic mass is 16.2. The summed E-state index contributed by atoms with van der Waals surface area (Å²) in [4.78, 5) is 16.5. The molecule has 0 aliphatic carbocycles. The van der Waals surface area contributed by atoms with E-state index in [2.05, 4.69) is 18.7 Å². The molecule has 1 saturated heterocycles. The van der Waals surface area contributed by atoms with Gasteiger partial charge in [0.05, 0.1) is 6.54 Å². The Morgan fingerprint density at radius 3 is 2.33 bits per heavy atom. The van der Waals surface area contributed by atoms with Crippen molar-refractivity contribution >= 4 is 5.91 Å². The topological polar surface area (TPSA) is 49.6 Å². The molecule has 18 heavy (non-hydrogen) atoms. The number of nitrogens with two attached hydrogens (primary N) is 1. The number of hydrogen-bond donors (Lipinski definition) is 1. The van der Waals surface area contributed by atoms with E-state index >= 15 is 0 Å². The predicted molar refractivity (Wildman–Crippen MR) is 75.4 cm³/mol. The lowest BCUT2D eigenvalue weighted by atomic mass is 10.2. The smallest absolute Gasteiger partial charge is 0.236 e. The molecule has 0 bridgehead atoms. The first-order valence-electron chi connectivity index (χ1n) is 7.43. The Kier molecular flexibility index (Phi) is 7.28. The second-order valence-corrected chi connectivity index (χ2v) is 5.37. The molecule has 0 saturated carbocycles. The molecule has 1 heterocycles. The molecule has 2 N–H and O–H groups in total. The van der Waals surface area contributed by atoms with Crippen molar-refractivity contribution in [3.63, 3.8) is 0 Å². The lowest BCUT2D eigenvalue weighted by Gasteiger charge is -2.25. The van der Waals surface area contributed by atoms with Crippen LogP contribution in [0.3, 0.4) is 0 Å². The van der Waals surface area contributed by atoms with Crippen LogP contribution >= 0.6 is 0 Å². The van der Waals surface area contributed by atoms with Crippen molar-refractivity contribution in [1.82, 2.24) is 9.80 Å². The van der Waals surface area contributed by atoms with Gasteiger partial charge in [0.2, 0.25) is 5.91 Å². The third-order valence-corrected chi connectivity index (χ3v) is 3.58. The number of likely N-dealkylation sites (tertiary alicyclic amines) is 1. The number of unbranched alkanes of at least 4 members (excludes halogenated alkanes) is 2. The second kappa shape index (κ2) is 8.48. The van der Waals surface area contributed by atoms with Crippen molar-refractivity contribution < 1.29 is 4.79 Å². The van der Waals surface area contributed by atoms with E-state index in [0.717, 1.165) is 58.3 Å². The van der Waals surface area contributed by atoms with Crippen molar-refractivity contribution in [3.8, 4) is 0 Å². The number of rotatable bonds is 8. The first-order chi connectivity index (χ1) is 8.67. The highest BCUT2D eigenvalue weighted by Gasteiger charge is 2.23. The Bertz CT molecular complexity index is 237. The van der Waals surface area contributed by atoms with Crippen LogP contribution in [-0.4, -0.2) is 54.5 Å². The summed E-state index contributed by atoms with van der Waals surface area (Å²) in [6.07, 6.45) is 5.52. The van der Waals surface area contributed by atoms with Crippen molar-refractivity contribution in [2.75, 3.05) is 32.7 Å². The SMILES string of the molecule is CCCCN(CCCC)C(=O)CN1CC[C@@H](N)C1. The molecule has 4 nitrogen and oxygen atoms in total. The van der Waals surface area contributed by atoms with E-state index in [0.29, 0.717) is 6.54 Å². The van der Waals surface area contributed by atoms with Gasteiger partial charge >= 0.3 is 0 Å². The Balaban J connectivity index is 2.37. The summed E-state index contributed by atoms with van der Waals surface area (Å²) < 4.78 is 0. The molecule has 4 heteroatoms. The lowest BCUT2D eigenvalue weighted by molar-refractivity contribution is -0.132. The van der Waals surface area contributed by atoms with Crippen molar-refractivity contribution in [2.45, 2.75) is 52.0 Å². The zero-order valence-corrected chi connectivity index (χ0v) is 12.0. The molecule has 1 amide bonds. The summed E-state index contributed by atoms with van der Waals surface area (Å²) >= 11 is 0. The van der Waals surface area contributed by atoms with Crippen LogP contribution in [0, 0.1) is 0 Å². The number of nitrogens with zero attached hydrogens (tertiary/aromatic N) is 2. The lowest BCUT2D eigenvalue weighted by Crippen LogP contribution is -2.41. The van der Waals surface area contributed by atoms with E-state index in [1.807, 2.05) is 4.90 Å². The molecule has 106 valence electrons. The molecule has 0 radical (unpaired) electrons. The van der Waals surface area contributed by atoms with Crippen LogP contribution < -0.4 is 5.73 Å². The summed E-state index contributed by atoms with van der Waals surface area (Å²) in [6.45, 7) is 8.57. The van der Waals surface area contributed by atoms with Gasteiger partial charge in [0.25, 0.3) is 0 Å². The molecule has 0 aromatic carbocycles. The van der Waals surface area contributed by atoms with Crippen LogP contribution in [0.15, 0.2) is 0 Å². The van der Waals surface area contributed by atoms with Crippen molar-refractivity contribution in [1.29, 1.82) is 0 Å². The molecule has 1 aliphatic rings. The molecule has 1 aliphatic heterocycles. The predicted octanol–water partition coefficient (Wildman–Crippen LogP) is 1.45. The second-order valence-electron chi connectivity index (χ2n) is 5.37. The number of carbonyl (C=O) groups is 1. The summed E-state index contributed by atoms with van der Waals surface area (Å²) in [5.74, 6) is 0.283. The Hall–Kier alpha value is -0.610. The molecular weight excluding hydrogens is 226 g/mol. The highest BCUT2D eigenvalue weighted by Crippen LogP contribution is 2.08. The first-order valence-corrected chi connectivity index (χ1v) is 7.43. The minimum Gasteiger partial charge on any atom is -0.342 e. The van der Waals surface area contributed by atoms with Gasteiger partial charge in [0, 0.05) is 32.2 Å². The van der Waals surface area contributed by atoms with E-state index in [-0.39, 0.29) is 11.9 Å². The average molecular weight is 255 g/mol. The Morgan fingerprint density at radius 1 is 1.28 bits per heavy atom. The molecule has 0 aromatic heterocycles. The van der Waals surface area contributed by atoms with Crippen LogP contribution in [-0.2, 0) is 4.79 Å². The van der Waals surface area contributed by atoms with Gasteiger partial charge in [0.1, 0.15) is 0 Å². The minimum atomic E-state index is 0.262. The van der Waals surface area contributed by atoms with Crippen LogP contribution in [0.4, 0.5) is 0 Å². The van der Waals surface area contributed by atoms with Gasteiger partial charge in [-0.15, -0.1) is 0 Å². The van der Waals surface area contributed by atoms with Crippen LogP contribution in [0.1, 0.15) is 46.0 Å². The largest absolute Gasteiger partial charge is 0.342 e. The number of hydrogen-bond acceptors (Lipinski definition) is 3. The van der Waals surface area contributed by atoms with Gasteiger partial charge in [-0.25, -0.2) is 0 Å². The van der Waals surface area contributed by atoms with E-state index in [4.69, 9.17) is 5.73 Å². The molecule has 1 rings (SSSR count). The summed E-state index contributed by atoms with van der Waals surface area (Å²) in [5.41, 5.74) is 5.87.